The molecule has 0 atom stereocenters. The fraction of sp³-hybridized carbons (Fsp3) is 0.200. The van der Waals surface area contributed by atoms with Crippen molar-refractivity contribution in [2.75, 3.05) is 10.6 Å². The van der Waals surface area contributed by atoms with E-state index in [0.717, 1.165) is 17.1 Å². The molecular weight excluding hydrogens is 315 g/mol. The van der Waals surface area contributed by atoms with Gasteiger partial charge in [0.25, 0.3) is 0 Å². The number of benzene rings is 2. The first kappa shape index (κ1) is 16.9. The number of aromatic nitrogens is 2. The van der Waals surface area contributed by atoms with Crippen LogP contribution in [0.5, 0.6) is 0 Å². The van der Waals surface area contributed by atoms with E-state index in [0.29, 0.717) is 19.0 Å². The lowest BCUT2D eigenvalue weighted by Crippen LogP contribution is -2.08. The molecule has 2 aromatic carbocycles. The van der Waals surface area contributed by atoms with Crippen molar-refractivity contribution in [1.82, 2.24) is 9.97 Å². The van der Waals surface area contributed by atoms with Gasteiger partial charge in [-0.15, -0.1) is 0 Å². The topological polar surface area (TPSA) is 49.8 Å². The number of hydrogen-bond acceptors (Lipinski definition) is 4. The maximum absolute atomic E-state index is 12.9. The van der Waals surface area contributed by atoms with Gasteiger partial charge in [0.1, 0.15) is 11.6 Å². The van der Waals surface area contributed by atoms with Crippen LogP contribution in [0.25, 0.3) is 0 Å². The molecule has 25 heavy (non-hydrogen) atoms. The molecule has 1 aromatic heterocycles. The molecule has 0 unspecified atom stereocenters. The van der Waals surface area contributed by atoms with Crippen molar-refractivity contribution in [3.05, 3.63) is 82.8 Å². The average Bonchev–Trinajstić information content (AvgIpc) is 2.60. The minimum absolute atomic E-state index is 0.238. The average molecular weight is 336 g/mol. The van der Waals surface area contributed by atoms with Crippen molar-refractivity contribution >= 4 is 11.8 Å². The number of anilines is 2. The van der Waals surface area contributed by atoms with Gasteiger partial charge in [-0.25, -0.2) is 9.37 Å². The van der Waals surface area contributed by atoms with Gasteiger partial charge >= 0.3 is 0 Å². The first-order chi connectivity index (χ1) is 12.1. The van der Waals surface area contributed by atoms with E-state index in [1.165, 1.54) is 23.3 Å². The van der Waals surface area contributed by atoms with Crippen LogP contribution in [0.1, 0.15) is 22.4 Å². The van der Waals surface area contributed by atoms with Gasteiger partial charge in [-0.05, 0) is 37.1 Å². The molecule has 0 aliphatic carbocycles. The van der Waals surface area contributed by atoms with Crippen LogP contribution >= 0.6 is 0 Å². The molecule has 5 heteroatoms. The predicted octanol–water partition coefficient (Wildman–Crippen LogP) is 4.46. The summed E-state index contributed by atoms with van der Waals surface area (Å²) in [5.41, 5.74) is 4.29. The molecule has 0 radical (unpaired) electrons. The third-order valence-corrected chi connectivity index (χ3v) is 3.81. The molecule has 4 nitrogen and oxygen atoms in total. The molecule has 0 spiro atoms. The second-order valence-electron chi connectivity index (χ2n) is 6.04. The number of nitrogens with zero attached hydrogens (tertiary/aromatic N) is 2. The Labute approximate surface area is 147 Å². The second kappa shape index (κ2) is 7.75. The van der Waals surface area contributed by atoms with E-state index < -0.39 is 0 Å². The Morgan fingerprint density at radius 1 is 0.800 bits per heavy atom. The molecule has 1 heterocycles. The summed E-state index contributed by atoms with van der Waals surface area (Å²) >= 11 is 0. The van der Waals surface area contributed by atoms with E-state index in [-0.39, 0.29) is 5.82 Å². The van der Waals surface area contributed by atoms with Crippen LogP contribution < -0.4 is 10.6 Å². The minimum Gasteiger partial charge on any atom is -0.366 e. The zero-order valence-corrected chi connectivity index (χ0v) is 14.4. The molecule has 3 rings (SSSR count). The summed E-state index contributed by atoms with van der Waals surface area (Å²) in [6.07, 6.45) is 0. The number of rotatable bonds is 6. The Hall–Kier alpha value is -2.95. The second-order valence-corrected chi connectivity index (χ2v) is 6.04. The third kappa shape index (κ3) is 5.01. The highest BCUT2D eigenvalue weighted by Gasteiger charge is 2.03. The number of hydrogen-bond donors (Lipinski definition) is 2. The highest BCUT2D eigenvalue weighted by molar-refractivity contribution is 5.43. The van der Waals surface area contributed by atoms with Gasteiger partial charge in [0.05, 0.1) is 0 Å². The van der Waals surface area contributed by atoms with E-state index in [4.69, 9.17) is 0 Å². The van der Waals surface area contributed by atoms with Crippen LogP contribution in [0.2, 0.25) is 0 Å². The van der Waals surface area contributed by atoms with Crippen LogP contribution in [-0.2, 0) is 13.1 Å². The monoisotopic (exact) mass is 336 g/mol. The highest BCUT2D eigenvalue weighted by atomic mass is 19.1. The molecule has 0 bridgehead atoms. The Kier molecular flexibility index (Phi) is 5.23. The van der Waals surface area contributed by atoms with Crippen LogP contribution in [0, 0.1) is 19.7 Å². The summed E-state index contributed by atoms with van der Waals surface area (Å²) in [5, 5.41) is 6.51. The standard InChI is InChI=1S/C20H21FN4/c1-14-3-5-16(6-4-14)12-22-19-11-15(2)24-20(25-19)23-13-17-7-9-18(21)10-8-17/h3-11H,12-13H2,1-2H3,(H2,22,23,24,25). The molecule has 2 N–H and O–H groups in total. The largest absolute Gasteiger partial charge is 0.366 e. The Morgan fingerprint density at radius 2 is 1.40 bits per heavy atom. The van der Waals surface area contributed by atoms with Gasteiger partial charge in [-0.1, -0.05) is 42.0 Å². The van der Waals surface area contributed by atoms with Crippen molar-refractivity contribution in [3.63, 3.8) is 0 Å². The van der Waals surface area contributed by atoms with Crippen LogP contribution in [0.3, 0.4) is 0 Å². The maximum atomic E-state index is 12.9. The van der Waals surface area contributed by atoms with E-state index >= 15 is 0 Å². The highest BCUT2D eigenvalue weighted by Crippen LogP contribution is 2.13. The summed E-state index contributed by atoms with van der Waals surface area (Å²) in [7, 11) is 0. The molecule has 0 saturated heterocycles. The molecule has 0 aliphatic rings. The zero-order valence-electron chi connectivity index (χ0n) is 14.4. The molecule has 0 aliphatic heterocycles. The van der Waals surface area contributed by atoms with Gasteiger partial charge < -0.3 is 10.6 Å². The van der Waals surface area contributed by atoms with Crippen molar-refractivity contribution in [2.45, 2.75) is 26.9 Å². The van der Waals surface area contributed by atoms with Crippen molar-refractivity contribution in [1.29, 1.82) is 0 Å². The summed E-state index contributed by atoms with van der Waals surface area (Å²) in [4.78, 5) is 8.89. The lowest BCUT2D eigenvalue weighted by Gasteiger charge is -2.10. The SMILES string of the molecule is Cc1ccc(CNc2cc(C)nc(NCc3ccc(F)cc3)n2)cc1. The molecule has 0 amide bonds. The Morgan fingerprint density at radius 3 is 2.08 bits per heavy atom. The summed E-state index contributed by atoms with van der Waals surface area (Å²) in [6.45, 7) is 5.25. The fourth-order valence-corrected chi connectivity index (χ4v) is 2.42. The Bertz CT molecular complexity index is 762. The van der Waals surface area contributed by atoms with Gasteiger partial charge in [0.15, 0.2) is 0 Å². The van der Waals surface area contributed by atoms with Gasteiger partial charge in [0.2, 0.25) is 5.95 Å². The van der Waals surface area contributed by atoms with Gasteiger partial charge in [0, 0.05) is 24.8 Å². The molecule has 128 valence electrons. The van der Waals surface area contributed by atoms with Gasteiger partial charge in [-0.3, -0.25) is 0 Å². The molecular formula is C20H21FN4. The first-order valence-electron chi connectivity index (χ1n) is 8.22. The normalized spacial score (nSPS) is 10.5. The van der Waals surface area contributed by atoms with E-state index in [9.17, 15) is 4.39 Å². The maximum Gasteiger partial charge on any atom is 0.225 e. The van der Waals surface area contributed by atoms with Crippen molar-refractivity contribution in [2.24, 2.45) is 0 Å². The van der Waals surface area contributed by atoms with Crippen molar-refractivity contribution < 1.29 is 4.39 Å². The molecule has 3 aromatic rings. The summed E-state index contributed by atoms with van der Waals surface area (Å²) < 4.78 is 12.9. The summed E-state index contributed by atoms with van der Waals surface area (Å²) in [6, 6.07) is 16.7. The number of halogens is 1. The molecule has 0 saturated carbocycles. The lowest BCUT2D eigenvalue weighted by molar-refractivity contribution is 0.627. The quantitative estimate of drug-likeness (QED) is 0.698. The smallest absolute Gasteiger partial charge is 0.225 e. The lowest BCUT2D eigenvalue weighted by atomic mass is 10.1. The van der Waals surface area contributed by atoms with E-state index in [2.05, 4.69) is 51.8 Å². The summed E-state index contributed by atoms with van der Waals surface area (Å²) in [5.74, 6) is 1.09. The third-order valence-electron chi connectivity index (χ3n) is 3.81. The Balaban J connectivity index is 1.63. The van der Waals surface area contributed by atoms with Crippen LogP contribution in [-0.4, -0.2) is 9.97 Å². The number of aryl methyl sites for hydroxylation is 2. The van der Waals surface area contributed by atoms with Crippen LogP contribution in [0.4, 0.5) is 16.2 Å². The minimum atomic E-state index is -0.238. The van der Waals surface area contributed by atoms with Crippen LogP contribution in [0.15, 0.2) is 54.6 Å². The first-order valence-corrected chi connectivity index (χ1v) is 8.22. The fourth-order valence-electron chi connectivity index (χ4n) is 2.42. The number of nitrogens with one attached hydrogen (secondary N) is 2. The van der Waals surface area contributed by atoms with Crippen molar-refractivity contribution in [3.8, 4) is 0 Å². The molecule has 0 fully saturated rings. The predicted molar refractivity (Wildman–Crippen MR) is 99.0 cm³/mol. The zero-order chi connectivity index (χ0) is 17.6. The van der Waals surface area contributed by atoms with Gasteiger partial charge in [-0.2, -0.15) is 4.98 Å². The van der Waals surface area contributed by atoms with E-state index in [1.54, 1.807) is 12.1 Å². The van der Waals surface area contributed by atoms with E-state index in [1.807, 2.05) is 13.0 Å².